The summed E-state index contributed by atoms with van der Waals surface area (Å²) in [6.45, 7) is 0. The van der Waals surface area contributed by atoms with E-state index >= 15 is 0 Å². The van der Waals surface area contributed by atoms with E-state index in [0.717, 1.165) is 12.8 Å². The fraction of sp³-hybridized carbons (Fsp3) is 0.105. The molecule has 0 heterocycles. The van der Waals surface area contributed by atoms with Gasteiger partial charge in [0.15, 0.2) is 0 Å². The van der Waals surface area contributed by atoms with Gasteiger partial charge in [-0.1, -0.05) is 85.0 Å². The average Bonchev–Trinajstić information content (AvgIpc) is 2.48. The van der Waals surface area contributed by atoms with E-state index in [0.29, 0.717) is 0 Å². The molecule has 0 amide bonds. The van der Waals surface area contributed by atoms with E-state index in [4.69, 9.17) is 0 Å². The van der Waals surface area contributed by atoms with Gasteiger partial charge in [-0.15, -0.1) is 0 Å². The van der Waals surface area contributed by atoms with Crippen LogP contribution in [0.2, 0.25) is 0 Å². The van der Waals surface area contributed by atoms with Gasteiger partial charge >= 0.3 is 0 Å². The molecule has 0 N–H and O–H groups in total. The summed E-state index contributed by atoms with van der Waals surface area (Å²) in [7, 11) is 0. The molecule has 0 aromatic heterocycles. The standard InChI is InChI=1S/C19H19/c1(2-6-12-18-14-8-4-9-15-18)3-7-13-19-16-10-5-11-17-19/h1,4-17H,2-3H2/b12-6+,13-7+. The van der Waals surface area contributed by atoms with Crippen molar-refractivity contribution in [2.45, 2.75) is 12.8 Å². The monoisotopic (exact) mass is 247 g/mol. The van der Waals surface area contributed by atoms with Crippen LogP contribution in [0.1, 0.15) is 24.0 Å². The van der Waals surface area contributed by atoms with Gasteiger partial charge in [0.25, 0.3) is 0 Å². The second kappa shape index (κ2) is 8.10. The Morgan fingerprint density at radius 2 is 1.00 bits per heavy atom. The molecule has 0 atom stereocenters. The van der Waals surface area contributed by atoms with Gasteiger partial charge in [0, 0.05) is 0 Å². The van der Waals surface area contributed by atoms with Crippen LogP contribution in [0.4, 0.5) is 0 Å². The summed E-state index contributed by atoms with van der Waals surface area (Å²) in [5, 5.41) is 0. The lowest BCUT2D eigenvalue weighted by molar-refractivity contribution is 1.11. The van der Waals surface area contributed by atoms with E-state index in [1.165, 1.54) is 11.1 Å². The first kappa shape index (κ1) is 13.4. The Balaban J connectivity index is 1.65. The van der Waals surface area contributed by atoms with Crippen molar-refractivity contribution in [3.63, 3.8) is 0 Å². The number of hydrogen-bond acceptors (Lipinski definition) is 0. The maximum atomic E-state index is 2.28. The van der Waals surface area contributed by atoms with Gasteiger partial charge in [-0.2, -0.15) is 0 Å². The predicted molar refractivity (Wildman–Crippen MR) is 84.5 cm³/mol. The fourth-order valence-corrected chi connectivity index (χ4v) is 1.83. The number of unbranched alkanes of at least 4 members (excludes halogenated alkanes) is 2. The summed E-state index contributed by atoms with van der Waals surface area (Å²) < 4.78 is 0. The highest BCUT2D eigenvalue weighted by molar-refractivity contribution is 5.49. The summed E-state index contributed by atoms with van der Waals surface area (Å²) in [5.41, 5.74) is 2.52. The van der Waals surface area contributed by atoms with Crippen LogP contribution in [0, 0.1) is 6.42 Å². The zero-order valence-corrected chi connectivity index (χ0v) is 11.1. The molecular formula is C19H19. The molecule has 0 aliphatic rings. The van der Waals surface area contributed by atoms with E-state index in [-0.39, 0.29) is 0 Å². The Morgan fingerprint density at radius 3 is 1.42 bits per heavy atom. The Hall–Kier alpha value is -2.08. The minimum atomic E-state index is 1.01. The molecule has 0 aliphatic heterocycles. The lowest BCUT2D eigenvalue weighted by Gasteiger charge is -1.93. The van der Waals surface area contributed by atoms with Crippen LogP contribution < -0.4 is 0 Å². The number of allylic oxidation sites excluding steroid dienone is 2. The van der Waals surface area contributed by atoms with Crippen molar-refractivity contribution in [3.05, 3.63) is 90.4 Å². The van der Waals surface area contributed by atoms with Gasteiger partial charge in [-0.25, -0.2) is 0 Å². The molecule has 0 heteroatoms. The maximum absolute atomic E-state index is 2.28. The molecule has 2 aromatic carbocycles. The van der Waals surface area contributed by atoms with Crippen molar-refractivity contribution in [2.75, 3.05) is 0 Å². The summed E-state index contributed by atoms with van der Waals surface area (Å²) in [4.78, 5) is 0. The van der Waals surface area contributed by atoms with E-state index in [1.54, 1.807) is 0 Å². The van der Waals surface area contributed by atoms with Crippen LogP contribution in [0.5, 0.6) is 0 Å². The van der Waals surface area contributed by atoms with Gasteiger partial charge < -0.3 is 0 Å². The van der Waals surface area contributed by atoms with Crippen molar-refractivity contribution in [3.8, 4) is 0 Å². The Labute approximate surface area is 116 Å². The van der Waals surface area contributed by atoms with Crippen molar-refractivity contribution in [1.82, 2.24) is 0 Å². The minimum absolute atomic E-state index is 1.01. The fourth-order valence-electron chi connectivity index (χ4n) is 1.83. The van der Waals surface area contributed by atoms with Crippen molar-refractivity contribution in [2.24, 2.45) is 0 Å². The topological polar surface area (TPSA) is 0 Å². The highest BCUT2D eigenvalue weighted by atomic mass is 13.9. The smallest absolute Gasteiger partial charge is 0.0260 e. The molecule has 0 fully saturated rings. The highest BCUT2D eigenvalue weighted by Crippen LogP contribution is 2.06. The van der Waals surface area contributed by atoms with E-state index in [1.807, 2.05) is 12.1 Å². The van der Waals surface area contributed by atoms with Crippen LogP contribution in [0.25, 0.3) is 12.2 Å². The van der Waals surface area contributed by atoms with Gasteiger partial charge in [0.2, 0.25) is 0 Å². The van der Waals surface area contributed by atoms with Gasteiger partial charge in [-0.3, -0.25) is 0 Å². The van der Waals surface area contributed by atoms with Crippen molar-refractivity contribution >= 4 is 12.2 Å². The molecule has 0 bridgehead atoms. The third-order valence-electron chi connectivity index (χ3n) is 2.83. The van der Waals surface area contributed by atoms with Gasteiger partial charge in [0.05, 0.1) is 0 Å². The third kappa shape index (κ3) is 5.39. The summed E-state index contributed by atoms with van der Waals surface area (Å²) in [6, 6.07) is 20.8. The molecule has 2 aromatic rings. The molecule has 0 nitrogen and oxygen atoms in total. The first-order valence-electron chi connectivity index (χ1n) is 6.70. The molecular weight excluding hydrogens is 228 g/mol. The van der Waals surface area contributed by atoms with Crippen molar-refractivity contribution in [1.29, 1.82) is 0 Å². The van der Waals surface area contributed by atoms with Gasteiger partial charge in [-0.05, 0) is 30.4 Å². The van der Waals surface area contributed by atoms with Crippen LogP contribution in [-0.2, 0) is 0 Å². The zero-order chi connectivity index (χ0) is 13.2. The SMILES string of the molecule is [CH](C/C=C/c1ccccc1)C/C=C/c1ccccc1. The number of rotatable bonds is 6. The summed E-state index contributed by atoms with van der Waals surface area (Å²) >= 11 is 0. The van der Waals surface area contributed by atoms with E-state index in [9.17, 15) is 0 Å². The quantitative estimate of drug-likeness (QED) is 0.600. The molecule has 0 spiro atoms. The first-order valence-corrected chi connectivity index (χ1v) is 6.70. The summed E-state index contributed by atoms with van der Waals surface area (Å²) in [6.07, 6.45) is 13.0. The van der Waals surface area contributed by atoms with Crippen molar-refractivity contribution < 1.29 is 0 Å². The second-order valence-electron chi connectivity index (χ2n) is 4.39. The zero-order valence-electron chi connectivity index (χ0n) is 11.1. The van der Waals surface area contributed by atoms with E-state index < -0.39 is 0 Å². The van der Waals surface area contributed by atoms with Crippen LogP contribution >= 0.6 is 0 Å². The molecule has 19 heavy (non-hydrogen) atoms. The Morgan fingerprint density at radius 1 is 0.579 bits per heavy atom. The molecule has 0 saturated carbocycles. The molecule has 95 valence electrons. The molecule has 1 radical (unpaired) electrons. The van der Waals surface area contributed by atoms with E-state index in [2.05, 4.69) is 79.3 Å². The number of benzene rings is 2. The highest BCUT2D eigenvalue weighted by Gasteiger charge is 1.85. The molecule has 2 rings (SSSR count). The maximum Gasteiger partial charge on any atom is -0.0260 e. The lowest BCUT2D eigenvalue weighted by Crippen LogP contribution is -1.73. The predicted octanol–water partition coefficient (Wildman–Crippen LogP) is 5.40. The normalized spacial score (nSPS) is 11.4. The largest absolute Gasteiger partial charge is 0.0836 e. The lowest BCUT2D eigenvalue weighted by atomic mass is 10.1. The average molecular weight is 247 g/mol. The van der Waals surface area contributed by atoms with Crippen LogP contribution in [0.3, 0.4) is 0 Å². The Bertz CT molecular complexity index is 457. The first-order chi connectivity index (χ1) is 9.45. The third-order valence-corrected chi connectivity index (χ3v) is 2.83. The van der Waals surface area contributed by atoms with Crippen LogP contribution in [-0.4, -0.2) is 0 Å². The number of hydrogen-bond donors (Lipinski definition) is 0. The molecule has 0 unspecified atom stereocenters. The van der Waals surface area contributed by atoms with Gasteiger partial charge in [0.1, 0.15) is 0 Å². The molecule has 0 saturated heterocycles. The minimum Gasteiger partial charge on any atom is -0.0836 e. The Kier molecular flexibility index (Phi) is 5.69. The summed E-state index contributed by atoms with van der Waals surface area (Å²) in [5.74, 6) is 0. The second-order valence-corrected chi connectivity index (χ2v) is 4.39. The molecule has 0 aliphatic carbocycles. The van der Waals surface area contributed by atoms with Crippen LogP contribution in [0.15, 0.2) is 72.8 Å².